The van der Waals surface area contributed by atoms with Crippen LogP contribution < -0.4 is 4.90 Å². The lowest BCUT2D eigenvalue weighted by Crippen LogP contribution is -2.17. The summed E-state index contributed by atoms with van der Waals surface area (Å²) in [6.07, 6.45) is 5.01. The zero-order valence-corrected chi connectivity index (χ0v) is 8.94. The first-order valence-corrected chi connectivity index (χ1v) is 5.97. The van der Waals surface area contributed by atoms with Crippen LogP contribution in [-0.2, 0) is 6.42 Å². The standard InChI is InChI=1S/C10H16N2S/c1-2-5-10-11-9(8-13-10)12-6-3-4-7-12/h8H,2-7H2,1H3. The fraction of sp³-hybridized carbons (Fsp3) is 0.700. The minimum absolute atomic E-state index is 1.14. The lowest BCUT2D eigenvalue weighted by atomic mass is 10.4. The van der Waals surface area contributed by atoms with Gasteiger partial charge in [0.05, 0.1) is 5.01 Å². The second kappa shape index (κ2) is 4.09. The van der Waals surface area contributed by atoms with E-state index in [0.717, 1.165) is 6.42 Å². The largest absolute Gasteiger partial charge is 0.356 e. The fourth-order valence-corrected chi connectivity index (χ4v) is 2.63. The molecule has 0 amide bonds. The van der Waals surface area contributed by atoms with Gasteiger partial charge in [-0.15, -0.1) is 11.3 Å². The van der Waals surface area contributed by atoms with E-state index in [1.807, 2.05) is 11.3 Å². The number of nitrogens with zero attached hydrogens (tertiary/aromatic N) is 2. The van der Waals surface area contributed by atoms with Crippen molar-refractivity contribution in [2.45, 2.75) is 32.6 Å². The van der Waals surface area contributed by atoms with Gasteiger partial charge in [-0.25, -0.2) is 4.98 Å². The van der Waals surface area contributed by atoms with Gasteiger partial charge < -0.3 is 4.90 Å². The summed E-state index contributed by atoms with van der Waals surface area (Å²) >= 11 is 1.81. The van der Waals surface area contributed by atoms with E-state index in [1.165, 1.54) is 43.2 Å². The van der Waals surface area contributed by atoms with E-state index in [9.17, 15) is 0 Å². The van der Waals surface area contributed by atoms with Gasteiger partial charge in [0.2, 0.25) is 0 Å². The van der Waals surface area contributed by atoms with Crippen molar-refractivity contribution in [1.82, 2.24) is 4.98 Å². The number of thiazole rings is 1. The van der Waals surface area contributed by atoms with E-state index in [2.05, 4.69) is 22.2 Å². The number of aromatic nitrogens is 1. The van der Waals surface area contributed by atoms with Crippen molar-refractivity contribution in [3.05, 3.63) is 10.4 Å². The summed E-state index contributed by atoms with van der Waals surface area (Å²) in [6, 6.07) is 0. The van der Waals surface area contributed by atoms with Crippen LogP contribution in [0.1, 0.15) is 31.2 Å². The average Bonchev–Trinajstić information content (AvgIpc) is 2.70. The van der Waals surface area contributed by atoms with Gasteiger partial charge in [-0.1, -0.05) is 6.92 Å². The molecule has 1 aliphatic rings. The lowest BCUT2D eigenvalue weighted by Gasteiger charge is -2.12. The number of anilines is 1. The molecule has 1 fully saturated rings. The fourth-order valence-electron chi connectivity index (χ4n) is 1.72. The molecule has 2 rings (SSSR count). The molecule has 0 saturated carbocycles. The highest BCUT2D eigenvalue weighted by molar-refractivity contribution is 7.10. The van der Waals surface area contributed by atoms with Crippen molar-refractivity contribution >= 4 is 17.2 Å². The van der Waals surface area contributed by atoms with Crippen LogP contribution in [0, 0.1) is 0 Å². The van der Waals surface area contributed by atoms with E-state index < -0.39 is 0 Å². The van der Waals surface area contributed by atoms with E-state index in [-0.39, 0.29) is 0 Å². The number of hydrogen-bond acceptors (Lipinski definition) is 3. The van der Waals surface area contributed by atoms with Crippen LogP contribution in [0.5, 0.6) is 0 Å². The Kier molecular flexibility index (Phi) is 2.83. The highest BCUT2D eigenvalue weighted by atomic mass is 32.1. The maximum atomic E-state index is 4.63. The molecule has 2 nitrogen and oxygen atoms in total. The first kappa shape index (κ1) is 9.00. The summed E-state index contributed by atoms with van der Waals surface area (Å²) in [5.74, 6) is 1.21. The molecular formula is C10H16N2S. The Balaban J connectivity index is 2.03. The predicted octanol–water partition coefficient (Wildman–Crippen LogP) is 2.70. The minimum Gasteiger partial charge on any atom is -0.356 e. The van der Waals surface area contributed by atoms with Crippen LogP contribution >= 0.6 is 11.3 Å². The summed E-state index contributed by atoms with van der Waals surface area (Å²) in [4.78, 5) is 7.02. The van der Waals surface area contributed by atoms with Gasteiger partial charge in [0.15, 0.2) is 0 Å². The molecule has 1 aliphatic heterocycles. The second-order valence-corrected chi connectivity index (χ2v) is 4.49. The van der Waals surface area contributed by atoms with Crippen molar-refractivity contribution in [3.63, 3.8) is 0 Å². The first-order valence-electron chi connectivity index (χ1n) is 5.09. The third-order valence-corrected chi connectivity index (χ3v) is 3.33. The molecule has 13 heavy (non-hydrogen) atoms. The average molecular weight is 196 g/mol. The van der Waals surface area contributed by atoms with Crippen LogP contribution in [0.25, 0.3) is 0 Å². The molecule has 0 atom stereocenters. The molecule has 0 bridgehead atoms. The SMILES string of the molecule is CCCc1nc(N2CCCC2)cs1. The van der Waals surface area contributed by atoms with Crippen LogP contribution in [0.15, 0.2) is 5.38 Å². The molecule has 0 aliphatic carbocycles. The van der Waals surface area contributed by atoms with Gasteiger partial charge in [-0.05, 0) is 25.7 Å². The van der Waals surface area contributed by atoms with Gasteiger partial charge in [0, 0.05) is 18.5 Å². The highest BCUT2D eigenvalue weighted by Gasteiger charge is 2.14. The van der Waals surface area contributed by atoms with Gasteiger partial charge in [-0.2, -0.15) is 0 Å². The molecule has 0 spiro atoms. The van der Waals surface area contributed by atoms with E-state index in [4.69, 9.17) is 0 Å². The van der Waals surface area contributed by atoms with Gasteiger partial charge in [0.25, 0.3) is 0 Å². The molecule has 1 aromatic heterocycles. The van der Waals surface area contributed by atoms with E-state index >= 15 is 0 Å². The summed E-state index contributed by atoms with van der Waals surface area (Å²) < 4.78 is 0. The van der Waals surface area contributed by atoms with E-state index in [1.54, 1.807) is 0 Å². The Bertz CT molecular complexity index is 264. The Hall–Kier alpha value is -0.570. The zero-order chi connectivity index (χ0) is 9.10. The van der Waals surface area contributed by atoms with Gasteiger partial charge in [0.1, 0.15) is 5.82 Å². The summed E-state index contributed by atoms with van der Waals surface area (Å²) in [6.45, 7) is 4.61. The third-order valence-electron chi connectivity index (χ3n) is 2.43. The maximum Gasteiger partial charge on any atom is 0.139 e. The molecule has 0 N–H and O–H groups in total. The third kappa shape index (κ3) is 2.02. The van der Waals surface area contributed by atoms with Gasteiger partial charge in [-0.3, -0.25) is 0 Å². The minimum atomic E-state index is 1.14. The first-order chi connectivity index (χ1) is 6.40. The van der Waals surface area contributed by atoms with Crippen molar-refractivity contribution in [2.24, 2.45) is 0 Å². The van der Waals surface area contributed by atoms with Crippen molar-refractivity contribution in [2.75, 3.05) is 18.0 Å². The van der Waals surface area contributed by atoms with Crippen LogP contribution in [0.2, 0.25) is 0 Å². The van der Waals surface area contributed by atoms with Crippen LogP contribution in [-0.4, -0.2) is 18.1 Å². The topological polar surface area (TPSA) is 16.1 Å². The molecule has 1 saturated heterocycles. The Morgan fingerprint density at radius 3 is 2.92 bits per heavy atom. The summed E-state index contributed by atoms with van der Waals surface area (Å²) in [7, 11) is 0. The van der Waals surface area contributed by atoms with Crippen molar-refractivity contribution in [3.8, 4) is 0 Å². The predicted molar refractivity (Wildman–Crippen MR) is 57.6 cm³/mol. The number of rotatable bonds is 3. The Morgan fingerprint density at radius 1 is 1.46 bits per heavy atom. The van der Waals surface area contributed by atoms with Crippen molar-refractivity contribution in [1.29, 1.82) is 0 Å². The summed E-state index contributed by atoms with van der Waals surface area (Å²) in [5, 5.41) is 3.50. The molecule has 1 aromatic rings. The zero-order valence-electron chi connectivity index (χ0n) is 8.12. The summed E-state index contributed by atoms with van der Waals surface area (Å²) in [5.41, 5.74) is 0. The molecule has 0 aromatic carbocycles. The van der Waals surface area contributed by atoms with Crippen LogP contribution in [0.4, 0.5) is 5.82 Å². The molecule has 0 radical (unpaired) electrons. The maximum absolute atomic E-state index is 4.63. The second-order valence-electron chi connectivity index (χ2n) is 3.54. The molecular weight excluding hydrogens is 180 g/mol. The number of aryl methyl sites for hydroxylation is 1. The number of hydrogen-bond donors (Lipinski definition) is 0. The smallest absolute Gasteiger partial charge is 0.139 e. The van der Waals surface area contributed by atoms with Crippen LogP contribution in [0.3, 0.4) is 0 Å². The molecule has 0 unspecified atom stereocenters. The lowest BCUT2D eigenvalue weighted by molar-refractivity contribution is 0.888. The molecule has 72 valence electrons. The van der Waals surface area contributed by atoms with Gasteiger partial charge >= 0.3 is 0 Å². The van der Waals surface area contributed by atoms with Crippen molar-refractivity contribution < 1.29 is 0 Å². The normalized spacial score (nSPS) is 16.8. The Labute approximate surface area is 83.6 Å². The highest BCUT2D eigenvalue weighted by Crippen LogP contribution is 2.22. The van der Waals surface area contributed by atoms with E-state index in [0.29, 0.717) is 0 Å². The molecule has 2 heterocycles. The monoisotopic (exact) mass is 196 g/mol. The quantitative estimate of drug-likeness (QED) is 0.739. The Morgan fingerprint density at radius 2 is 2.23 bits per heavy atom. The molecule has 3 heteroatoms.